The van der Waals surface area contributed by atoms with Gasteiger partial charge in [-0.15, -0.1) is 0 Å². The molecule has 0 saturated heterocycles. The van der Waals surface area contributed by atoms with E-state index >= 15 is 0 Å². The van der Waals surface area contributed by atoms with E-state index in [1.807, 2.05) is 0 Å². The minimum Gasteiger partial charge on any atom is -0.400 e. The van der Waals surface area contributed by atoms with Crippen LogP contribution in [0.4, 0.5) is 0 Å². The number of rotatable bonds is 1. The lowest BCUT2D eigenvalue weighted by Gasteiger charge is -2.06. The summed E-state index contributed by atoms with van der Waals surface area (Å²) in [5.74, 6) is 1.80. The molecular formula is C10H20O. The van der Waals surface area contributed by atoms with Crippen molar-refractivity contribution in [2.24, 2.45) is 11.8 Å². The van der Waals surface area contributed by atoms with Crippen LogP contribution < -0.4 is 0 Å². The highest BCUT2D eigenvalue weighted by Gasteiger charge is 2.20. The summed E-state index contributed by atoms with van der Waals surface area (Å²) in [4.78, 5) is 0. The van der Waals surface area contributed by atoms with Crippen molar-refractivity contribution >= 4 is 0 Å². The average Bonchev–Trinajstić information content (AvgIpc) is 2.40. The highest BCUT2D eigenvalue weighted by molar-refractivity contribution is 4.99. The van der Waals surface area contributed by atoms with Crippen molar-refractivity contribution in [2.45, 2.75) is 33.1 Å². The van der Waals surface area contributed by atoms with Gasteiger partial charge in [-0.3, -0.25) is 0 Å². The molecule has 0 aromatic rings. The maximum absolute atomic E-state index is 7.00. The van der Waals surface area contributed by atoms with Gasteiger partial charge in [-0.25, -0.2) is 0 Å². The Kier molecular flexibility index (Phi) is 5.22. The van der Waals surface area contributed by atoms with E-state index in [1.165, 1.54) is 24.8 Å². The van der Waals surface area contributed by atoms with Crippen LogP contribution in [0.3, 0.4) is 0 Å². The standard InChI is InChI=1S/C9H16.CH4O/c1-7(2)9-5-4-8(3)6-9;1-2/h8-9H,1,4-6H2,2-3H3;2H,1H3. The number of aliphatic hydroxyl groups is 1. The number of allylic oxidation sites excluding steroid dienone is 1. The maximum atomic E-state index is 7.00. The van der Waals surface area contributed by atoms with E-state index in [4.69, 9.17) is 5.11 Å². The van der Waals surface area contributed by atoms with Gasteiger partial charge >= 0.3 is 0 Å². The highest BCUT2D eigenvalue weighted by atomic mass is 16.2. The van der Waals surface area contributed by atoms with Crippen LogP contribution in [0.2, 0.25) is 0 Å². The van der Waals surface area contributed by atoms with Crippen LogP contribution in [0.15, 0.2) is 12.2 Å². The van der Waals surface area contributed by atoms with Gasteiger partial charge in [-0.2, -0.15) is 0 Å². The quantitative estimate of drug-likeness (QED) is 0.579. The molecule has 1 heteroatoms. The average molecular weight is 156 g/mol. The van der Waals surface area contributed by atoms with E-state index in [1.54, 1.807) is 0 Å². The molecule has 1 saturated carbocycles. The molecule has 0 radical (unpaired) electrons. The van der Waals surface area contributed by atoms with Crippen molar-refractivity contribution in [3.05, 3.63) is 12.2 Å². The molecule has 11 heavy (non-hydrogen) atoms. The summed E-state index contributed by atoms with van der Waals surface area (Å²) in [5.41, 5.74) is 1.39. The molecule has 0 aromatic carbocycles. The van der Waals surface area contributed by atoms with Gasteiger partial charge in [0.2, 0.25) is 0 Å². The first-order valence-corrected chi connectivity index (χ1v) is 4.30. The summed E-state index contributed by atoms with van der Waals surface area (Å²) in [5, 5.41) is 7.00. The molecule has 1 fully saturated rings. The lowest BCUT2D eigenvalue weighted by Crippen LogP contribution is -1.93. The Hall–Kier alpha value is -0.300. The first kappa shape index (κ1) is 10.7. The third-order valence-corrected chi connectivity index (χ3v) is 2.39. The molecule has 0 amide bonds. The topological polar surface area (TPSA) is 20.2 Å². The zero-order valence-electron chi connectivity index (χ0n) is 7.93. The van der Waals surface area contributed by atoms with E-state index < -0.39 is 0 Å². The molecule has 1 aliphatic carbocycles. The van der Waals surface area contributed by atoms with Gasteiger partial charge in [0.1, 0.15) is 0 Å². The second kappa shape index (κ2) is 5.36. The maximum Gasteiger partial charge on any atom is 0.0319 e. The molecule has 2 atom stereocenters. The van der Waals surface area contributed by atoms with Gasteiger partial charge in [0.15, 0.2) is 0 Å². The van der Waals surface area contributed by atoms with E-state index in [0.717, 1.165) is 18.9 Å². The second-order valence-electron chi connectivity index (χ2n) is 3.46. The summed E-state index contributed by atoms with van der Waals surface area (Å²) in [6.07, 6.45) is 4.18. The Labute approximate surface area is 70.1 Å². The minimum absolute atomic E-state index is 0.847. The first-order valence-electron chi connectivity index (χ1n) is 4.30. The Morgan fingerprint density at radius 1 is 1.36 bits per heavy atom. The lowest BCUT2D eigenvalue weighted by atomic mass is 10.00. The summed E-state index contributed by atoms with van der Waals surface area (Å²) in [6.45, 7) is 8.46. The van der Waals surface area contributed by atoms with Gasteiger partial charge in [0, 0.05) is 7.11 Å². The van der Waals surface area contributed by atoms with E-state index in [0.29, 0.717) is 0 Å². The third kappa shape index (κ3) is 3.57. The molecule has 0 aliphatic heterocycles. The zero-order chi connectivity index (χ0) is 8.85. The molecule has 0 bridgehead atoms. The van der Waals surface area contributed by atoms with Crippen LogP contribution in [-0.2, 0) is 0 Å². The molecule has 1 N–H and O–H groups in total. The van der Waals surface area contributed by atoms with Crippen molar-refractivity contribution < 1.29 is 5.11 Å². The predicted molar refractivity (Wildman–Crippen MR) is 49.5 cm³/mol. The molecule has 2 unspecified atom stereocenters. The van der Waals surface area contributed by atoms with Crippen molar-refractivity contribution in [1.29, 1.82) is 0 Å². The number of hydrogen-bond acceptors (Lipinski definition) is 1. The predicted octanol–water partition coefficient (Wildman–Crippen LogP) is 2.61. The fraction of sp³-hybridized carbons (Fsp3) is 0.800. The van der Waals surface area contributed by atoms with E-state index in [-0.39, 0.29) is 0 Å². The first-order chi connectivity index (χ1) is 5.20. The lowest BCUT2D eigenvalue weighted by molar-refractivity contribution is 0.399. The van der Waals surface area contributed by atoms with Crippen molar-refractivity contribution in [2.75, 3.05) is 7.11 Å². The van der Waals surface area contributed by atoms with Crippen LogP contribution in [0.5, 0.6) is 0 Å². The molecule has 0 aromatic heterocycles. The zero-order valence-corrected chi connectivity index (χ0v) is 7.93. The van der Waals surface area contributed by atoms with Gasteiger partial charge in [0.25, 0.3) is 0 Å². The van der Waals surface area contributed by atoms with Gasteiger partial charge < -0.3 is 5.11 Å². The largest absolute Gasteiger partial charge is 0.400 e. The fourth-order valence-corrected chi connectivity index (χ4v) is 1.65. The molecule has 1 aliphatic rings. The monoisotopic (exact) mass is 156 g/mol. The summed E-state index contributed by atoms with van der Waals surface area (Å²) < 4.78 is 0. The Bertz CT molecular complexity index is 118. The Balaban J connectivity index is 0.000000461. The Morgan fingerprint density at radius 2 is 1.91 bits per heavy atom. The smallest absolute Gasteiger partial charge is 0.0319 e. The molecule has 66 valence electrons. The van der Waals surface area contributed by atoms with Gasteiger partial charge in [0.05, 0.1) is 0 Å². The van der Waals surface area contributed by atoms with Crippen molar-refractivity contribution in [1.82, 2.24) is 0 Å². The van der Waals surface area contributed by atoms with Crippen molar-refractivity contribution in [3.8, 4) is 0 Å². The molecule has 0 heterocycles. The summed E-state index contributed by atoms with van der Waals surface area (Å²) in [7, 11) is 1.00. The molecule has 0 spiro atoms. The van der Waals surface area contributed by atoms with Crippen LogP contribution in [0, 0.1) is 11.8 Å². The minimum atomic E-state index is 0.847. The normalized spacial score (nSPS) is 29.1. The fourth-order valence-electron chi connectivity index (χ4n) is 1.65. The van der Waals surface area contributed by atoms with E-state index in [2.05, 4.69) is 20.4 Å². The van der Waals surface area contributed by atoms with E-state index in [9.17, 15) is 0 Å². The summed E-state index contributed by atoms with van der Waals surface area (Å²) in [6, 6.07) is 0. The second-order valence-corrected chi connectivity index (χ2v) is 3.46. The molecule has 1 nitrogen and oxygen atoms in total. The highest BCUT2D eigenvalue weighted by Crippen LogP contribution is 2.33. The van der Waals surface area contributed by atoms with Crippen LogP contribution >= 0.6 is 0 Å². The molecular weight excluding hydrogens is 136 g/mol. The molecule has 1 rings (SSSR count). The SMILES string of the molecule is C=C(C)C1CCC(C)C1.CO. The van der Waals surface area contributed by atoms with Crippen molar-refractivity contribution in [3.63, 3.8) is 0 Å². The van der Waals surface area contributed by atoms with Gasteiger partial charge in [-0.05, 0) is 31.6 Å². The number of aliphatic hydroxyl groups excluding tert-OH is 1. The van der Waals surface area contributed by atoms with Crippen LogP contribution in [-0.4, -0.2) is 12.2 Å². The van der Waals surface area contributed by atoms with Crippen LogP contribution in [0.25, 0.3) is 0 Å². The van der Waals surface area contributed by atoms with Gasteiger partial charge in [-0.1, -0.05) is 25.5 Å². The number of hydrogen-bond donors (Lipinski definition) is 1. The third-order valence-electron chi connectivity index (χ3n) is 2.39. The van der Waals surface area contributed by atoms with Crippen LogP contribution in [0.1, 0.15) is 33.1 Å². The Morgan fingerprint density at radius 3 is 2.09 bits per heavy atom. The summed E-state index contributed by atoms with van der Waals surface area (Å²) >= 11 is 0.